The van der Waals surface area contributed by atoms with Crippen LogP contribution in [0.4, 0.5) is 16.2 Å². The number of hydrogen-bond donors (Lipinski definition) is 4. The van der Waals surface area contributed by atoms with Crippen molar-refractivity contribution < 1.29 is 13.2 Å². The van der Waals surface area contributed by atoms with E-state index in [1.807, 2.05) is 0 Å². The van der Waals surface area contributed by atoms with Crippen molar-refractivity contribution in [2.24, 2.45) is 5.73 Å². The molecular formula is C12H12N4O4S. The number of pyridine rings is 1. The van der Waals surface area contributed by atoms with Crippen LogP contribution in [0.3, 0.4) is 0 Å². The molecule has 1 aromatic heterocycles. The van der Waals surface area contributed by atoms with Crippen LogP contribution in [0.2, 0.25) is 0 Å². The zero-order valence-corrected chi connectivity index (χ0v) is 11.5. The Labute approximate surface area is 120 Å². The number of anilines is 2. The second kappa shape index (κ2) is 5.67. The molecule has 5 N–H and O–H groups in total. The van der Waals surface area contributed by atoms with Crippen LogP contribution in [0.15, 0.2) is 52.4 Å². The van der Waals surface area contributed by atoms with Gasteiger partial charge >= 0.3 is 6.03 Å². The van der Waals surface area contributed by atoms with Gasteiger partial charge in [-0.05, 0) is 18.2 Å². The van der Waals surface area contributed by atoms with Crippen LogP contribution >= 0.6 is 0 Å². The third-order valence-corrected chi connectivity index (χ3v) is 3.86. The number of nitrogens with two attached hydrogens (primary N) is 1. The lowest BCUT2D eigenvalue weighted by Gasteiger charge is -2.09. The van der Waals surface area contributed by atoms with E-state index >= 15 is 0 Å². The monoisotopic (exact) mass is 308 g/mol. The Morgan fingerprint density at radius 3 is 2.57 bits per heavy atom. The second-order valence-corrected chi connectivity index (χ2v) is 5.70. The summed E-state index contributed by atoms with van der Waals surface area (Å²) in [6, 6.07) is 6.25. The molecule has 0 saturated heterocycles. The van der Waals surface area contributed by atoms with Crippen LogP contribution in [-0.2, 0) is 10.0 Å². The van der Waals surface area contributed by atoms with Gasteiger partial charge in [-0.25, -0.2) is 13.2 Å². The van der Waals surface area contributed by atoms with Crippen LogP contribution in [0.5, 0.6) is 0 Å². The van der Waals surface area contributed by atoms with Gasteiger partial charge in [0, 0.05) is 24.1 Å². The first-order chi connectivity index (χ1) is 9.88. The zero-order chi connectivity index (χ0) is 15.5. The summed E-state index contributed by atoms with van der Waals surface area (Å²) < 4.78 is 26.5. The molecule has 0 aliphatic carbocycles. The maximum atomic E-state index is 12.1. The van der Waals surface area contributed by atoms with E-state index in [0.29, 0.717) is 5.69 Å². The number of sulfonamides is 1. The average molecular weight is 308 g/mol. The largest absolute Gasteiger partial charge is 0.366 e. The van der Waals surface area contributed by atoms with E-state index in [-0.39, 0.29) is 5.69 Å². The number of amides is 2. The standard InChI is InChI=1S/C12H12N4O4S/c13-12(18)15-8-2-1-3-9(6-8)16-21(19,20)11-7-14-5-4-10(11)17/h1-7,16H,(H,14,17)(H3,13,15,18). The normalized spacial score (nSPS) is 10.9. The van der Waals surface area contributed by atoms with Gasteiger partial charge in [0.15, 0.2) is 4.90 Å². The highest BCUT2D eigenvalue weighted by molar-refractivity contribution is 7.92. The van der Waals surface area contributed by atoms with E-state index in [1.54, 1.807) is 0 Å². The number of H-pyrrole nitrogens is 1. The Kier molecular flexibility index (Phi) is 3.94. The first-order valence-electron chi connectivity index (χ1n) is 5.75. The van der Waals surface area contributed by atoms with E-state index in [1.165, 1.54) is 30.5 Å². The van der Waals surface area contributed by atoms with Crippen LogP contribution < -0.4 is 21.2 Å². The SMILES string of the molecule is NC(=O)Nc1cccc(NS(=O)(=O)c2c[nH]ccc2=O)c1. The number of nitrogens with one attached hydrogen (secondary N) is 3. The van der Waals surface area contributed by atoms with Gasteiger partial charge in [-0.3, -0.25) is 9.52 Å². The summed E-state index contributed by atoms with van der Waals surface area (Å²) in [5, 5.41) is 2.32. The summed E-state index contributed by atoms with van der Waals surface area (Å²) in [6.07, 6.45) is 2.43. The van der Waals surface area contributed by atoms with E-state index < -0.39 is 26.4 Å². The summed E-state index contributed by atoms with van der Waals surface area (Å²) in [5.74, 6) is 0. The molecule has 2 aromatic rings. The highest BCUT2D eigenvalue weighted by atomic mass is 32.2. The molecule has 1 heterocycles. The van der Waals surface area contributed by atoms with Gasteiger partial charge < -0.3 is 16.0 Å². The predicted molar refractivity (Wildman–Crippen MR) is 77.5 cm³/mol. The number of aromatic amines is 1. The van der Waals surface area contributed by atoms with Crippen molar-refractivity contribution in [3.05, 3.63) is 52.9 Å². The quantitative estimate of drug-likeness (QED) is 0.660. The molecule has 8 nitrogen and oxygen atoms in total. The number of carbonyl (C=O) groups excluding carboxylic acids is 1. The Bertz CT molecular complexity index is 829. The van der Waals surface area contributed by atoms with Gasteiger partial charge in [-0.15, -0.1) is 0 Å². The van der Waals surface area contributed by atoms with Gasteiger partial charge in [0.1, 0.15) is 0 Å². The highest BCUT2D eigenvalue weighted by Gasteiger charge is 2.17. The number of urea groups is 1. The fourth-order valence-corrected chi connectivity index (χ4v) is 2.73. The van der Waals surface area contributed by atoms with Crippen LogP contribution in [0.1, 0.15) is 0 Å². The van der Waals surface area contributed by atoms with Crippen molar-refractivity contribution in [3.63, 3.8) is 0 Å². The van der Waals surface area contributed by atoms with E-state index in [2.05, 4.69) is 15.0 Å². The van der Waals surface area contributed by atoms with Crippen LogP contribution in [-0.4, -0.2) is 19.4 Å². The minimum absolute atomic E-state index is 0.185. The van der Waals surface area contributed by atoms with Crippen molar-refractivity contribution in [2.45, 2.75) is 4.90 Å². The minimum Gasteiger partial charge on any atom is -0.366 e. The predicted octanol–water partition coefficient (Wildman–Crippen LogP) is 0.666. The number of carbonyl (C=O) groups is 1. The van der Waals surface area contributed by atoms with Gasteiger partial charge in [-0.2, -0.15) is 0 Å². The lowest BCUT2D eigenvalue weighted by atomic mass is 10.3. The molecule has 0 fully saturated rings. The van der Waals surface area contributed by atoms with E-state index in [4.69, 9.17) is 5.73 Å². The Morgan fingerprint density at radius 2 is 1.90 bits per heavy atom. The number of rotatable bonds is 4. The lowest BCUT2D eigenvalue weighted by Crippen LogP contribution is -2.21. The second-order valence-electron chi connectivity index (χ2n) is 4.05. The van der Waals surface area contributed by atoms with Crippen molar-refractivity contribution in [3.8, 4) is 0 Å². The molecule has 1 aromatic carbocycles. The highest BCUT2D eigenvalue weighted by Crippen LogP contribution is 2.17. The summed E-state index contributed by atoms with van der Waals surface area (Å²) >= 11 is 0. The third kappa shape index (κ3) is 3.60. The van der Waals surface area contributed by atoms with Crippen molar-refractivity contribution in [2.75, 3.05) is 10.0 Å². The first-order valence-corrected chi connectivity index (χ1v) is 7.23. The fourth-order valence-electron chi connectivity index (χ4n) is 1.62. The molecule has 110 valence electrons. The van der Waals surface area contributed by atoms with Crippen molar-refractivity contribution in [1.29, 1.82) is 0 Å². The number of hydrogen-bond acceptors (Lipinski definition) is 4. The first kappa shape index (κ1) is 14.6. The molecule has 0 unspecified atom stereocenters. The molecule has 0 spiro atoms. The number of primary amides is 1. The molecule has 0 bridgehead atoms. The topological polar surface area (TPSA) is 134 Å². The van der Waals surface area contributed by atoms with E-state index in [9.17, 15) is 18.0 Å². The van der Waals surface area contributed by atoms with E-state index in [0.717, 1.165) is 12.3 Å². The fraction of sp³-hybridized carbons (Fsp3) is 0. The van der Waals surface area contributed by atoms with Gasteiger partial charge in [0.2, 0.25) is 5.43 Å². The molecule has 0 aliphatic heterocycles. The van der Waals surface area contributed by atoms with Crippen molar-refractivity contribution in [1.82, 2.24) is 4.98 Å². The van der Waals surface area contributed by atoms with Crippen LogP contribution in [0, 0.1) is 0 Å². The van der Waals surface area contributed by atoms with Gasteiger partial charge in [-0.1, -0.05) is 6.07 Å². The molecule has 21 heavy (non-hydrogen) atoms. The Balaban J connectivity index is 2.31. The Morgan fingerprint density at radius 1 is 1.19 bits per heavy atom. The molecule has 2 amide bonds. The molecule has 2 rings (SSSR count). The average Bonchev–Trinajstić information content (AvgIpc) is 2.38. The molecule has 0 atom stereocenters. The smallest absolute Gasteiger partial charge is 0.316 e. The summed E-state index contributed by atoms with van der Waals surface area (Å²) in [4.78, 5) is 24.4. The van der Waals surface area contributed by atoms with Crippen molar-refractivity contribution >= 4 is 27.4 Å². The summed E-state index contributed by atoms with van der Waals surface area (Å²) in [6.45, 7) is 0. The Hall–Kier alpha value is -2.81. The molecule has 0 radical (unpaired) electrons. The molecule has 0 aliphatic rings. The summed E-state index contributed by atoms with van der Waals surface area (Å²) in [7, 11) is -4.03. The molecule has 0 saturated carbocycles. The summed E-state index contributed by atoms with van der Waals surface area (Å²) in [5.41, 5.74) is 4.86. The number of benzene rings is 1. The molecule has 9 heteroatoms. The zero-order valence-electron chi connectivity index (χ0n) is 10.7. The lowest BCUT2D eigenvalue weighted by molar-refractivity contribution is 0.259. The van der Waals surface area contributed by atoms with Crippen LogP contribution in [0.25, 0.3) is 0 Å². The van der Waals surface area contributed by atoms with Gasteiger partial charge in [0.05, 0.1) is 5.69 Å². The maximum Gasteiger partial charge on any atom is 0.316 e. The third-order valence-electron chi connectivity index (χ3n) is 2.46. The molecular weight excluding hydrogens is 296 g/mol. The maximum absolute atomic E-state index is 12.1. The minimum atomic E-state index is -4.03. The number of aromatic nitrogens is 1. The van der Waals surface area contributed by atoms with Gasteiger partial charge in [0.25, 0.3) is 10.0 Å².